The van der Waals surface area contributed by atoms with Crippen molar-refractivity contribution in [2.24, 2.45) is 28.3 Å². The predicted molar refractivity (Wildman–Crippen MR) is 154 cm³/mol. The Balaban J connectivity index is 1.86. The Morgan fingerprint density at radius 1 is 1.02 bits per heavy atom. The van der Waals surface area contributed by atoms with Crippen molar-refractivity contribution in [2.45, 2.75) is 36.2 Å². The van der Waals surface area contributed by atoms with Crippen LogP contribution in [0.1, 0.15) is 34.5 Å². The van der Waals surface area contributed by atoms with Crippen LogP contribution in [0.15, 0.2) is 53.3 Å². The molecule has 1 fully saturated rings. The van der Waals surface area contributed by atoms with Crippen LogP contribution < -0.4 is 22.9 Å². The molecule has 0 aliphatic heterocycles. The Morgan fingerprint density at radius 3 is 2.11 bits per heavy atom. The van der Waals surface area contributed by atoms with Gasteiger partial charge in [0.1, 0.15) is 34.5 Å². The van der Waals surface area contributed by atoms with Gasteiger partial charge in [0, 0.05) is 11.1 Å². The summed E-state index contributed by atoms with van der Waals surface area (Å²) < 4.78 is 0. The molecule has 0 aromatic heterocycles. The third-order valence-electron chi connectivity index (χ3n) is 9.16. The summed E-state index contributed by atoms with van der Waals surface area (Å²) in [5.41, 5.74) is 15.7. The number of aliphatic hydroxyl groups excluding tert-OH is 3. The maximum Gasteiger partial charge on any atom is 0.255 e. The van der Waals surface area contributed by atoms with Gasteiger partial charge in [0.05, 0.1) is 34.8 Å². The number of nitrogens with two attached hydrogens (primary N) is 4. The summed E-state index contributed by atoms with van der Waals surface area (Å²) in [7, 11) is 2.64. The van der Waals surface area contributed by atoms with Gasteiger partial charge in [0.15, 0.2) is 22.8 Å². The molecule has 0 unspecified atom stereocenters. The second kappa shape index (κ2) is 9.55. The molecule has 6 atom stereocenters. The number of fused-ring (bicyclic) bond motifs is 3. The molecule has 0 bridgehead atoms. The minimum Gasteiger partial charge on any atom is -0.509 e. The summed E-state index contributed by atoms with van der Waals surface area (Å²) in [6, 6.07) is 7.21. The van der Waals surface area contributed by atoms with E-state index in [-0.39, 0.29) is 22.5 Å². The van der Waals surface area contributed by atoms with E-state index >= 15 is 0 Å². The second-order valence-corrected chi connectivity index (χ2v) is 11.5. The van der Waals surface area contributed by atoms with Crippen molar-refractivity contribution >= 4 is 29.0 Å². The van der Waals surface area contributed by atoms with Crippen molar-refractivity contribution in [3.63, 3.8) is 0 Å². The number of carbonyl (C=O) groups excluding carboxylic acids is 4. The number of primary amides is 1. The van der Waals surface area contributed by atoms with Gasteiger partial charge in [-0.25, -0.2) is 0 Å². The minimum atomic E-state index is -3.07. The fraction of sp³-hybridized carbons (Fsp3) is 0.300. The zero-order chi connectivity index (χ0) is 32.8. The molecule has 1 amide bonds. The lowest BCUT2D eigenvalue weighted by Gasteiger charge is -2.62. The third-order valence-corrected chi connectivity index (χ3v) is 9.16. The summed E-state index contributed by atoms with van der Waals surface area (Å²) >= 11 is 0. The molecular formula is C30H30N6O8. The molecule has 3 aliphatic carbocycles. The van der Waals surface area contributed by atoms with Crippen LogP contribution in [-0.2, 0) is 14.4 Å². The Kier molecular flexibility index (Phi) is 6.63. The van der Waals surface area contributed by atoms with Crippen molar-refractivity contribution in [3.8, 4) is 22.9 Å². The number of amides is 1. The van der Waals surface area contributed by atoms with E-state index in [1.54, 1.807) is 18.2 Å². The number of hydrogen-bond donors (Lipinski definition) is 8. The molecule has 3 aliphatic rings. The van der Waals surface area contributed by atoms with Gasteiger partial charge in [-0.15, -0.1) is 0 Å². The molecule has 0 spiro atoms. The van der Waals surface area contributed by atoms with E-state index in [0.717, 1.165) is 4.90 Å². The van der Waals surface area contributed by atoms with Gasteiger partial charge in [-0.2, -0.15) is 5.26 Å². The monoisotopic (exact) mass is 602 g/mol. The van der Waals surface area contributed by atoms with Crippen LogP contribution >= 0.6 is 0 Å². The normalized spacial score (nSPS) is 31.3. The summed E-state index contributed by atoms with van der Waals surface area (Å²) in [5, 5.41) is 56.9. The average molecular weight is 603 g/mol. The number of likely N-dealkylation sites (N-methyl/N-ethyl adjacent to an activating group) is 1. The zero-order valence-electron chi connectivity index (χ0n) is 23.8. The van der Waals surface area contributed by atoms with Crippen molar-refractivity contribution in [1.82, 2.24) is 4.90 Å². The Bertz CT molecular complexity index is 1810. The van der Waals surface area contributed by atoms with E-state index in [0.29, 0.717) is 11.1 Å². The molecule has 1 saturated carbocycles. The number of nitriles is 1. The smallest absolute Gasteiger partial charge is 0.255 e. The number of hydrogen-bond acceptors (Lipinski definition) is 13. The third kappa shape index (κ3) is 3.35. The second-order valence-electron chi connectivity index (χ2n) is 11.5. The van der Waals surface area contributed by atoms with Crippen LogP contribution in [0.2, 0.25) is 0 Å². The highest BCUT2D eigenvalue weighted by Gasteiger charge is 2.79. The van der Waals surface area contributed by atoms with Gasteiger partial charge < -0.3 is 43.4 Å². The Labute approximate surface area is 250 Å². The van der Waals surface area contributed by atoms with Crippen LogP contribution in [0.4, 0.5) is 0 Å². The first kappa shape index (κ1) is 30.5. The van der Waals surface area contributed by atoms with Gasteiger partial charge in [0.25, 0.3) is 5.91 Å². The van der Waals surface area contributed by atoms with E-state index in [1.807, 2.05) is 0 Å². The van der Waals surface area contributed by atoms with Gasteiger partial charge in [-0.05, 0) is 32.1 Å². The van der Waals surface area contributed by atoms with Crippen LogP contribution in [0, 0.1) is 16.7 Å². The topological polar surface area (TPSA) is 280 Å². The zero-order valence-corrected chi connectivity index (χ0v) is 23.8. The van der Waals surface area contributed by atoms with Crippen LogP contribution in [-0.4, -0.2) is 85.9 Å². The number of nitrogens with zero attached hydrogens (tertiary/aromatic N) is 2. The van der Waals surface area contributed by atoms with Crippen molar-refractivity contribution in [3.05, 3.63) is 70.0 Å². The van der Waals surface area contributed by atoms with E-state index < -0.39 is 80.6 Å². The molecule has 0 heterocycles. The van der Waals surface area contributed by atoms with Gasteiger partial charge >= 0.3 is 0 Å². The molecule has 228 valence electrons. The fourth-order valence-corrected chi connectivity index (χ4v) is 7.00. The molecule has 5 rings (SSSR count). The van der Waals surface area contributed by atoms with E-state index in [4.69, 9.17) is 22.9 Å². The van der Waals surface area contributed by atoms with E-state index in [9.17, 15) is 44.9 Å². The summed E-state index contributed by atoms with van der Waals surface area (Å²) in [6.45, 7) is 1.39. The van der Waals surface area contributed by atoms with Crippen molar-refractivity contribution in [2.75, 3.05) is 14.1 Å². The molecule has 0 saturated heterocycles. The number of phenols is 1. The Morgan fingerprint density at radius 2 is 1.61 bits per heavy atom. The average Bonchev–Trinajstić information content (AvgIpc) is 2.94. The number of carbonyl (C=O) groups is 4. The van der Waals surface area contributed by atoms with Gasteiger partial charge in [-0.1, -0.05) is 36.4 Å². The van der Waals surface area contributed by atoms with Crippen LogP contribution in [0.3, 0.4) is 0 Å². The molecule has 14 heteroatoms. The molecular weight excluding hydrogens is 572 g/mol. The van der Waals surface area contributed by atoms with Crippen molar-refractivity contribution in [1.29, 1.82) is 5.26 Å². The van der Waals surface area contributed by atoms with Crippen LogP contribution in [0.5, 0.6) is 5.75 Å². The molecule has 44 heavy (non-hydrogen) atoms. The maximum absolute atomic E-state index is 14.5. The summed E-state index contributed by atoms with van der Waals surface area (Å²) in [6.07, 6.45) is -2.30. The predicted octanol–water partition coefficient (Wildman–Crippen LogP) is -0.797. The first-order chi connectivity index (χ1) is 20.5. The van der Waals surface area contributed by atoms with Gasteiger partial charge in [-0.3, -0.25) is 24.1 Å². The standard InChI is InChI=1S/C30H30N6O8/c1-11(37)12-4-6-13(7-5-12)14-8-9-15-16(19(14)38)20(39)18-25(42)28(10-31)24(41)17(26(33)43)21(40)23(36(2)3)30(28,35)27(44)29(18,34)22(15)32/h4-9,22-23,27,38-39,41,44H,32,34-35H2,1-3H3,(H2,33,43)/t22-,23+,27-,28-,29+,30-/m0/s1. The molecule has 14 nitrogen and oxygen atoms in total. The highest BCUT2D eigenvalue weighted by molar-refractivity contribution is 6.26. The highest BCUT2D eigenvalue weighted by Crippen LogP contribution is 2.60. The largest absolute Gasteiger partial charge is 0.509 e. The number of aliphatic hydroxyl groups is 3. The highest BCUT2D eigenvalue weighted by atomic mass is 16.3. The quantitative estimate of drug-likeness (QED) is 0.157. The molecule has 2 aromatic carbocycles. The van der Waals surface area contributed by atoms with Crippen molar-refractivity contribution < 1.29 is 39.6 Å². The fourth-order valence-electron chi connectivity index (χ4n) is 7.00. The summed E-state index contributed by atoms with van der Waals surface area (Å²) in [5.74, 6) is -7.23. The lowest BCUT2D eigenvalue weighted by molar-refractivity contribution is -0.153. The van der Waals surface area contributed by atoms with E-state index in [1.165, 1.54) is 45.3 Å². The first-order valence-corrected chi connectivity index (χ1v) is 13.3. The molecule has 2 aromatic rings. The lowest BCUT2D eigenvalue weighted by atomic mass is 9.45. The number of phenolic OH excluding ortho intramolecular Hbond substituents is 1. The first-order valence-electron chi connectivity index (χ1n) is 13.3. The minimum absolute atomic E-state index is 0.0172. The lowest BCUT2D eigenvalue weighted by Crippen LogP contribution is -2.87. The van der Waals surface area contributed by atoms with Gasteiger partial charge in [0.2, 0.25) is 0 Å². The molecule has 12 N–H and O–H groups in total. The number of benzene rings is 2. The Hall–Kier alpha value is -4.91. The summed E-state index contributed by atoms with van der Waals surface area (Å²) in [4.78, 5) is 53.3. The SMILES string of the molecule is CC(=O)c1ccc(-c2ccc3c(c2O)C(O)=C2C(=O)[C@]4(C#N)C(O)=C(C(N)=O)C(=O)[C@@H](N(C)C)[C@]4(N)[C@@H](O)[C@]2(N)[C@H]3N)cc1. The number of aromatic hydroxyl groups is 1. The van der Waals surface area contributed by atoms with Crippen LogP contribution in [0.25, 0.3) is 16.9 Å². The number of Topliss-reactive ketones (excluding diaryl/α,β-unsaturated/α-hetero) is 3. The maximum atomic E-state index is 14.5. The molecule has 0 radical (unpaired) electrons. The number of ketones is 3. The van der Waals surface area contributed by atoms with E-state index in [2.05, 4.69) is 0 Å². The number of rotatable bonds is 4.